The van der Waals surface area contributed by atoms with Crippen molar-refractivity contribution in [3.63, 3.8) is 0 Å². The molecule has 0 atom stereocenters. The molecule has 0 amide bonds. The van der Waals surface area contributed by atoms with Crippen molar-refractivity contribution >= 4 is 21.3 Å². The molecule has 0 unspecified atom stereocenters. The van der Waals surface area contributed by atoms with Crippen LogP contribution in [0.1, 0.15) is 12.8 Å². The Morgan fingerprint density at radius 2 is 1.92 bits per heavy atom. The molecular weight excluding hydrogens is 283 g/mol. The van der Waals surface area contributed by atoms with Crippen LogP contribution >= 0.6 is 17.0 Å². The Hall–Kier alpha value is 0.213. The average Bonchev–Trinajstić information content (AvgIpc) is 2.62. The Bertz CT molecular complexity index is 196. The molecular formula is C9H13BrNOZn. The van der Waals surface area contributed by atoms with Crippen LogP contribution in [0.4, 0.5) is 0 Å². The van der Waals surface area contributed by atoms with Crippen LogP contribution < -0.4 is 4.29 Å². The molecule has 1 aromatic rings. The third kappa shape index (κ3) is 7.30. The topological polar surface area (TPSA) is 22.1 Å². The Kier molecular flexibility index (Phi) is 8.94. The van der Waals surface area contributed by atoms with Gasteiger partial charge < -0.3 is 4.74 Å². The minimum absolute atomic E-state index is 0. The van der Waals surface area contributed by atoms with Gasteiger partial charge in [0.2, 0.25) is 0 Å². The first-order chi connectivity index (χ1) is 5.89. The summed E-state index contributed by atoms with van der Waals surface area (Å²) in [6, 6.07) is 5.96. The molecule has 13 heavy (non-hydrogen) atoms. The van der Waals surface area contributed by atoms with Crippen molar-refractivity contribution in [3.8, 4) is 0 Å². The van der Waals surface area contributed by atoms with Gasteiger partial charge in [0.05, 0.1) is 0 Å². The summed E-state index contributed by atoms with van der Waals surface area (Å²) < 4.78 is 6.14. The number of rotatable bonds is 0. The summed E-state index contributed by atoms with van der Waals surface area (Å²) in [4.78, 5) is 4.03. The molecule has 0 spiro atoms. The summed E-state index contributed by atoms with van der Waals surface area (Å²) in [5.74, 6) is 0. The van der Waals surface area contributed by atoms with Crippen LogP contribution in [0, 0.1) is 0 Å². The molecule has 0 radical (unpaired) electrons. The van der Waals surface area contributed by atoms with E-state index in [1.807, 2.05) is 24.4 Å². The third-order valence-corrected chi connectivity index (χ3v) is 2.43. The quantitative estimate of drug-likeness (QED) is 0.679. The van der Waals surface area contributed by atoms with E-state index in [-0.39, 0.29) is 17.0 Å². The van der Waals surface area contributed by atoms with Gasteiger partial charge in [-0.2, -0.15) is 0 Å². The number of hydrogen-bond donors (Lipinski definition) is 0. The van der Waals surface area contributed by atoms with Gasteiger partial charge in [-0.1, -0.05) is 0 Å². The first kappa shape index (κ1) is 13.2. The zero-order chi connectivity index (χ0) is 8.65. The predicted molar refractivity (Wildman–Crippen MR) is 54.2 cm³/mol. The molecule has 1 aliphatic rings. The van der Waals surface area contributed by atoms with Crippen LogP contribution in [-0.4, -0.2) is 18.2 Å². The third-order valence-electron chi connectivity index (χ3n) is 1.55. The van der Waals surface area contributed by atoms with E-state index in [0.717, 1.165) is 31.5 Å². The van der Waals surface area contributed by atoms with Crippen molar-refractivity contribution in [2.75, 3.05) is 13.2 Å². The van der Waals surface area contributed by atoms with Crippen molar-refractivity contribution in [1.29, 1.82) is 0 Å². The van der Waals surface area contributed by atoms with Crippen LogP contribution in [0.3, 0.4) is 0 Å². The molecule has 69 valence electrons. The monoisotopic (exact) mass is 294 g/mol. The zero-order valence-corrected chi connectivity index (χ0v) is 12.3. The van der Waals surface area contributed by atoms with Gasteiger partial charge in [-0.25, -0.2) is 0 Å². The average molecular weight is 297 g/mol. The molecule has 0 saturated carbocycles. The van der Waals surface area contributed by atoms with Crippen LogP contribution in [-0.2, 0) is 23.0 Å². The Labute approximate surface area is 99.5 Å². The number of aromatic nitrogens is 1. The van der Waals surface area contributed by atoms with E-state index in [2.05, 4.69) is 4.98 Å². The van der Waals surface area contributed by atoms with Crippen molar-refractivity contribution in [3.05, 3.63) is 24.4 Å². The summed E-state index contributed by atoms with van der Waals surface area (Å²) in [5.41, 5.74) is 0. The molecule has 0 N–H and O–H groups in total. The Morgan fingerprint density at radius 3 is 2.15 bits per heavy atom. The van der Waals surface area contributed by atoms with Crippen LogP contribution in [0.25, 0.3) is 0 Å². The maximum absolute atomic E-state index is 4.94. The van der Waals surface area contributed by atoms with Crippen molar-refractivity contribution < 1.29 is 23.0 Å². The maximum atomic E-state index is 4.94. The molecule has 0 aliphatic carbocycles. The van der Waals surface area contributed by atoms with Crippen LogP contribution in [0.5, 0.6) is 0 Å². The summed E-state index contributed by atoms with van der Waals surface area (Å²) >= 11 is 1.15. The minimum atomic E-state index is 0. The first-order valence-corrected chi connectivity index (χ1v) is 5.68. The molecule has 2 nitrogen and oxygen atoms in total. The summed E-state index contributed by atoms with van der Waals surface area (Å²) in [7, 11) is 0. The molecule has 2 heterocycles. The second-order valence-corrected chi connectivity index (χ2v) is 4.16. The van der Waals surface area contributed by atoms with E-state index < -0.39 is 0 Å². The summed E-state index contributed by atoms with van der Waals surface area (Å²) in [6.07, 6.45) is 4.37. The van der Waals surface area contributed by atoms with Crippen molar-refractivity contribution in [2.45, 2.75) is 12.8 Å². The first-order valence-electron chi connectivity index (χ1n) is 4.20. The molecule has 1 fully saturated rings. The van der Waals surface area contributed by atoms with Crippen LogP contribution in [0.2, 0.25) is 0 Å². The van der Waals surface area contributed by atoms with E-state index in [0.29, 0.717) is 0 Å². The second kappa shape index (κ2) is 8.80. The molecule has 1 aliphatic heterocycles. The number of pyridine rings is 1. The van der Waals surface area contributed by atoms with Gasteiger partial charge in [-0.3, -0.25) is 0 Å². The number of halogens is 1. The van der Waals surface area contributed by atoms with E-state index >= 15 is 0 Å². The molecule has 0 aromatic carbocycles. The summed E-state index contributed by atoms with van der Waals surface area (Å²) in [5, 5.41) is 0. The van der Waals surface area contributed by atoms with E-state index in [9.17, 15) is 0 Å². The number of hydrogen-bond acceptors (Lipinski definition) is 2. The number of ether oxygens (including phenoxy) is 1. The van der Waals surface area contributed by atoms with Gasteiger partial charge in [0.15, 0.2) is 0 Å². The molecule has 1 saturated heterocycles. The van der Waals surface area contributed by atoms with Gasteiger partial charge in [0, 0.05) is 13.2 Å². The van der Waals surface area contributed by atoms with Gasteiger partial charge in [-0.15, -0.1) is 17.0 Å². The molecule has 1 aromatic heterocycles. The van der Waals surface area contributed by atoms with Gasteiger partial charge in [0.25, 0.3) is 0 Å². The fourth-order valence-corrected chi connectivity index (χ4v) is 1.42. The van der Waals surface area contributed by atoms with Gasteiger partial charge in [0.1, 0.15) is 0 Å². The normalized spacial score (nSPS) is 14.0. The van der Waals surface area contributed by atoms with Gasteiger partial charge >= 0.3 is 52.0 Å². The Balaban J connectivity index is 0.000000215. The Morgan fingerprint density at radius 1 is 1.23 bits per heavy atom. The fraction of sp³-hybridized carbons (Fsp3) is 0.444. The molecule has 2 rings (SSSR count). The van der Waals surface area contributed by atoms with E-state index in [1.54, 1.807) is 0 Å². The second-order valence-electron chi connectivity index (χ2n) is 2.64. The number of nitrogens with zero attached hydrogens (tertiary/aromatic N) is 1. The SMILES string of the molecule is Br.C1CCOC1.[Zn][c]1ccccn1. The molecule has 0 bridgehead atoms. The van der Waals surface area contributed by atoms with Crippen LogP contribution in [0.15, 0.2) is 24.4 Å². The van der Waals surface area contributed by atoms with Gasteiger partial charge in [-0.05, 0) is 12.8 Å². The van der Waals surface area contributed by atoms with Crippen molar-refractivity contribution in [1.82, 2.24) is 4.98 Å². The standard InChI is InChI=1S/C5H4N.C4H8O.BrH.Zn/c1-2-4-6-5-3-1;1-2-4-5-3-1;;/h1-4H;1-4H2;1H;. The molecule has 4 heteroatoms. The zero-order valence-electron chi connectivity index (χ0n) is 7.61. The van der Waals surface area contributed by atoms with E-state index in [1.165, 1.54) is 17.1 Å². The van der Waals surface area contributed by atoms with E-state index in [4.69, 9.17) is 4.74 Å². The van der Waals surface area contributed by atoms with Crippen molar-refractivity contribution in [2.24, 2.45) is 0 Å². The summed E-state index contributed by atoms with van der Waals surface area (Å²) in [6.45, 7) is 2.00. The fourth-order valence-electron chi connectivity index (χ4n) is 0.908. The predicted octanol–water partition coefficient (Wildman–Crippen LogP) is 1.63.